The smallest absolute Gasteiger partial charge is 0.128 e. The molecule has 0 spiro atoms. The van der Waals surface area contributed by atoms with Crippen LogP contribution in [0.5, 0.6) is 5.75 Å². The SMILES string of the molecule is COc1ccc(F)c([C@@H](N)CCC(C)C)c1.Cl. The Kier molecular flexibility index (Phi) is 7.16. The van der Waals surface area contributed by atoms with Crippen molar-refractivity contribution in [1.29, 1.82) is 0 Å². The van der Waals surface area contributed by atoms with Crippen LogP contribution in [0, 0.1) is 11.7 Å². The van der Waals surface area contributed by atoms with E-state index in [4.69, 9.17) is 10.5 Å². The summed E-state index contributed by atoms with van der Waals surface area (Å²) in [5.41, 5.74) is 6.51. The van der Waals surface area contributed by atoms with Gasteiger partial charge in [-0.1, -0.05) is 13.8 Å². The first-order chi connectivity index (χ1) is 7.54. The molecule has 0 amide bonds. The second-order valence-electron chi connectivity index (χ2n) is 4.47. The molecule has 0 aliphatic rings. The molecule has 0 unspecified atom stereocenters. The minimum absolute atomic E-state index is 0. The van der Waals surface area contributed by atoms with Gasteiger partial charge >= 0.3 is 0 Å². The van der Waals surface area contributed by atoms with E-state index in [0.717, 1.165) is 12.8 Å². The van der Waals surface area contributed by atoms with Gasteiger partial charge in [-0.25, -0.2) is 4.39 Å². The molecular formula is C13H21ClFNO. The monoisotopic (exact) mass is 261 g/mol. The van der Waals surface area contributed by atoms with Crippen molar-refractivity contribution >= 4 is 12.4 Å². The first-order valence-corrected chi connectivity index (χ1v) is 5.63. The van der Waals surface area contributed by atoms with Crippen molar-refractivity contribution in [2.24, 2.45) is 11.7 Å². The molecule has 1 atom stereocenters. The highest BCUT2D eigenvalue weighted by molar-refractivity contribution is 5.85. The second kappa shape index (κ2) is 7.51. The average molecular weight is 262 g/mol. The van der Waals surface area contributed by atoms with E-state index in [2.05, 4.69) is 13.8 Å². The number of nitrogens with two attached hydrogens (primary N) is 1. The highest BCUT2D eigenvalue weighted by Gasteiger charge is 2.13. The molecule has 1 aromatic carbocycles. The van der Waals surface area contributed by atoms with Crippen LogP contribution in [-0.2, 0) is 0 Å². The molecule has 0 fully saturated rings. The van der Waals surface area contributed by atoms with E-state index in [1.165, 1.54) is 6.07 Å². The van der Waals surface area contributed by atoms with Crippen LogP contribution < -0.4 is 10.5 Å². The lowest BCUT2D eigenvalue weighted by Crippen LogP contribution is -2.13. The molecule has 0 heterocycles. The molecule has 2 N–H and O–H groups in total. The maximum Gasteiger partial charge on any atom is 0.128 e. The number of rotatable bonds is 5. The fourth-order valence-corrected chi connectivity index (χ4v) is 1.60. The van der Waals surface area contributed by atoms with Gasteiger partial charge in [0.15, 0.2) is 0 Å². The first kappa shape index (κ1) is 16.2. The number of halogens is 2. The largest absolute Gasteiger partial charge is 0.497 e. The molecule has 2 nitrogen and oxygen atoms in total. The second-order valence-corrected chi connectivity index (χ2v) is 4.47. The van der Waals surface area contributed by atoms with Crippen molar-refractivity contribution in [3.8, 4) is 5.75 Å². The fourth-order valence-electron chi connectivity index (χ4n) is 1.60. The normalized spacial score (nSPS) is 12.1. The lowest BCUT2D eigenvalue weighted by Gasteiger charge is -2.15. The van der Waals surface area contributed by atoms with E-state index < -0.39 is 0 Å². The van der Waals surface area contributed by atoms with Gasteiger partial charge in [0.2, 0.25) is 0 Å². The summed E-state index contributed by atoms with van der Waals surface area (Å²) in [5, 5.41) is 0. The van der Waals surface area contributed by atoms with Crippen molar-refractivity contribution < 1.29 is 9.13 Å². The highest BCUT2D eigenvalue weighted by Crippen LogP contribution is 2.25. The molecule has 1 rings (SSSR count). The summed E-state index contributed by atoms with van der Waals surface area (Å²) in [6, 6.07) is 4.44. The minimum atomic E-state index is -0.253. The molecule has 0 bridgehead atoms. The van der Waals surface area contributed by atoms with Crippen LogP contribution >= 0.6 is 12.4 Å². The Morgan fingerprint density at radius 1 is 1.29 bits per heavy atom. The van der Waals surface area contributed by atoms with Gasteiger partial charge in [0.05, 0.1) is 7.11 Å². The zero-order chi connectivity index (χ0) is 12.1. The standard InChI is InChI=1S/C13H20FNO.ClH/c1-9(2)4-7-13(15)11-8-10(16-3)5-6-12(11)14;/h5-6,8-9,13H,4,7,15H2,1-3H3;1H/t13-;/m0./s1. The Balaban J connectivity index is 0.00000256. The fraction of sp³-hybridized carbons (Fsp3) is 0.538. The Bertz CT molecular complexity index is 344. The number of hydrogen-bond acceptors (Lipinski definition) is 2. The van der Waals surface area contributed by atoms with E-state index >= 15 is 0 Å². The van der Waals surface area contributed by atoms with Gasteiger partial charge in [-0.2, -0.15) is 0 Å². The molecule has 0 radical (unpaired) electrons. The Morgan fingerprint density at radius 2 is 1.94 bits per heavy atom. The number of methoxy groups -OCH3 is 1. The van der Waals surface area contributed by atoms with E-state index in [9.17, 15) is 4.39 Å². The van der Waals surface area contributed by atoms with Crippen LogP contribution in [0.2, 0.25) is 0 Å². The summed E-state index contributed by atoms with van der Waals surface area (Å²) < 4.78 is 18.6. The molecule has 0 aromatic heterocycles. The minimum Gasteiger partial charge on any atom is -0.497 e. The quantitative estimate of drug-likeness (QED) is 0.877. The van der Waals surface area contributed by atoms with Crippen LogP contribution in [0.25, 0.3) is 0 Å². The van der Waals surface area contributed by atoms with Gasteiger partial charge < -0.3 is 10.5 Å². The van der Waals surface area contributed by atoms with E-state index in [1.54, 1.807) is 19.2 Å². The molecule has 0 aliphatic carbocycles. The summed E-state index contributed by atoms with van der Waals surface area (Å²) in [6.07, 6.45) is 1.79. The van der Waals surface area contributed by atoms with Gasteiger partial charge in [-0.15, -0.1) is 12.4 Å². The topological polar surface area (TPSA) is 35.2 Å². The van der Waals surface area contributed by atoms with Crippen LogP contribution in [0.15, 0.2) is 18.2 Å². The maximum atomic E-state index is 13.5. The van der Waals surface area contributed by atoms with Gasteiger partial charge in [-0.05, 0) is 37.0 Å². The third kappa shape index (κ3) is 4.92. The lowest BCUT2D eigenvalue weighted by atomic mass is 9.98. The number of hydrogen-bond donors (Lipinski definition) is 1. The van der Waals surface area contributed by atoms with Crippen molar-refractivity contribution in [2.45, 2.75) is 32.7 Å². The predicted molar refractivity (Wildman–Crippen MR) is 71.2 cm³/mol. The third-order valence-electron chi connectivity index (χ3n) is 2.66. The van der Waals surface area contributed by atoms with Crippen molar-refractivity contribution in [3.63, 3.8) is 0 Å². The molecule has 17 heavy (non-hydrogen) atoms. The Morgan fingerprint density at radius 3 is 2.47 bits per heavy atom. The van der Waals surface area contributed by atoms with Crippen LogP contribution in [-0.4, -0.2) is 7.11 Å². The van der Waals surface area contributed by atoms with Gasteiger partial charge in [0, 0.05) is 11.6 Å². The Labute approximate surface area is 109 Å². The summed E-state index contributed by atoms with van der Waals surface area (Å²) in [7, 11) is 1.57. The molecular weight excluding hydrogens is 241 g/mol. The molecule has 0 saturated heterocycles. The highest BCUT2D eigenvalue weighted by atomic mass is 35.5. The molecule has 98 valence electrons. The van der Waals surface area contributed by atoms with Gasteiger partial charge in [0.25, 0.3) is 0 Å². The first-order valence-electron chi connectivity index (χ1n) is 5.63. The van der Waals surface area contributed by atoms with Gasteiger partial charge in [-0.3, -0.25) is 0 Å². The summed E-state index contributed by atoms with van der Waals surface area (Å²) >= 11 is 0. The van der Waals surface area contributed by atoms with Crippen LogP contribution in [0.1, 0.15) is 38.3 Å². The molecule has 0 aliphatic heterocycles. The lowest BCUT2D eigenvalue weighted by molar-refractivity contribution is 0.410. The summed E-state index contributed by atoms with van der Waals surface area (Å²) in [6.45, 7) is 4.27. The zero-order valence-corrected chi connectivity index (χ0v) is 11.4. The number of ether oxygens (including phenoxy) is 1. The summed E-state index contributed by atoms with van der Waals surface area (Å²) in [4.78, 5) is 0. The maximum absolute atomic E-state index is 13.5. The van der Waals surface area contributed by atoms with E-state index in [0.29, 0.717) is 17.2 Å². The van der Waals surface area contributed by atoms with Crippen molar-refractivity contribution in [3.05, 3.63) is 29.6 Å². The third-order valence-corrected chi connectivity index (χ3v) is 2.66. The average Bonchev–Trinajstić information content (AvgIpc) is 2.26. The van der Waals surface area contributed by atoms with E-state index in [-0.39, 0.29) is 24.3 Å². The predicted octanol–water partition coefficient (Wildman–Crippen LogP) is 3.69. The Hall–Kier alpha value is -0.800. The molecule has 1 aromatic rings. The molecule has 0 saturated carbocycles. The van der Waals surface area contributed by atoms with E-state index in [1.807, 2.05) is 0 Å². The summed E-state index contributed by atoms with van der Waals surface area (Å²) in [5.74, 6) is 0.980. The van der Waals surface area contributed by atoms with Gasteiger partial charge in [0.1, 0.15) is 11.6 Å². The number of benzene rings is 1. The van der Waals surface area contributed by atoms with Crippen LogP contribution in [0.3, 0.4) is 0 Å². The van der Waals surface area contributed by atoms with Crippen molar-refractivity contribution in [1.82, 2.24) is 0 Å². The zero-order valence-electron chi connectivity index (χ0n) is 10.6. The van der Waals surface area contributed by atoms with Crippen molar-refractivity contribution in [2.75, 3.05) is 7.11 Å². The van der Waals surface area contributed by atoms with Crippen LogP contribution in [0.4, 0.5) is 4.39 Å². The molecule has 4 heteroatoms.